The minimum atomic E-state index is -0.845. The first kappa shape index (κ1) is 20.3. The minimum Gasteiger partial charge on any atom is -0.352 e. The molecule has 0 bridgehead atoms. The number of aryl methyl sites for hydroxylation is 1. The van der Waals surface area contributed by atoms with Gasteiger partial charge in [-0.2, -0.15) is 5.10 Å². The van der Waals surface area contributed by atoms with E-state index >= 15 is 0 Å². The highest BCUT2D eigenvalue weighted by molar-refractivity contribution is 5.97. The molecule has 7 heteroatoms. The van der Waals surface area contributed by atoms with E-state index in [1.165, 1.54) is 12.1 Å². The molecule has 3 rings (SSSR count). The zero-order chi connectivity index (χ0) is 21.0. The molecule has 1 atom stereocenters. The van der Waals surface area contributed by atoms with Crippen LogP contribution in [0.1, 0.15) is 35.9 Å². The third kappa shape index (κ3) is 4.87. The molecule has 1 heterocycles. The van der Waals surface area contributed by atoms with Gasteiger partial charge in [-0.05, 0) is 55.3 Å². The van der Waals surface area contributed by atoms with Gasteiger partial charge in [0.1, 0.15) is 11.9 Å². The number of hydrogen-bond donors (Lipinski definition) is 2. The van der Waals surface area contributed by atoms with E-state index in [-0.39, 0.29) is 23.5 Å². The zero-order valence-corrected chi connectivity index (χ0v) is 16.5. The Hall–Kier alpha value is -3.48. The van der Waals surface area contributed by atoms with Crippen molar-refractivity contribution in [2.45, 2.75) is 25.9 Å². The first-order chi connectivity index (χ1) is 13.8. The van der Waals surface area contributed by atoms with Crippen molar-refractivity contribution in [1.82, 2.24) is 20.4 Å². The van der Waals surface area contributed by atoms with E-state index in [4.69, 9.17) is 0 Å². The molecule has 6 nitrogen and oxygen atoms in total. The molecule has 0 saturated carbocycles. The summed E-state index contributed by atoms with van der Waals surface area (Å²) >= 11 is 0. The number of nitrogens with one attached hydrogen (secondary N) is 2. The summed E-state index contributed by atoms with van der Waals surface area (Å²) in [5.74, 6) is -1.10. The van der Waals surface area contributed by atoms with Crippen LogP contribution in [0.15, 0.2) is 60.7 Å². The molecule has 29 heavy (non-hydrogen) atoms. The molecule has 0 radical (unpaired) electrons. The Morgan fingerprint density at radius 2 is 1.66 bits per heavy atom. The second kappa shape index (κ2) is 8.68. The highest BCUT2D eigenvalue weighted by Gasteiger charge is 2.25. The second-order valence-electron chi connectivity index (χ2n) is 7.03. The van der Waals surface area contributed by atoms with Crippen molar-refractivity contribution >= 4 is 11.8 Å². The third-order valence-electron chi connectivity index (χ3n) is 4.35. The van der Waals surface area contributed by atoms with Crippen LogP contribution in [0.3, 0.4) is 0 Å². The summed E-state index contributed by atoms with van der Waals surface area (Å²) in [5.41, 5.74) is 2.24. The molecule has 0 aliphatic carbocycles. The van der Waals surface area contributed by atoms with E-state index < -0.39 is 11.9 Å². The van der Waals surface area contributed by atoms with Gasteiger partial charge in [-0.1, -0.05) is 30.3 Å². The third-order valence-corrected chi connectivity index (χ3v) is 4.35. The van der Waals surface area contributed by atoms with Crippen LogP contribution in [-0.4, -0.2) is 27.6 Å². The van der Waals surface area contributed by atoms with Gasteiger partial charge in [0.25, 0.3) is 5.91 Å². The van der Waals surface area contributed by atoms with Crippen LogP contribution < -0.4 is 10.6 Å². The van der Waals surface area contributed by atoms with Crippen molar-refractivity contribution in [2.75, 3.05) is 0 Å². The van der Waals surface area contributed by atoms with Gasteiger partial charge in [-0.25, -0.2) is 4.39 Å². The summed E-state index contributed by atoms with van der Waals surface area (Å²) in [6, 6.07) is 15.7. The van der Waals surface area contributed by atoms with Crippen LogP contribution in [-0.2, 0) is 11.8 Å². The number of hydrogen-bond acceptors (Lipinski definition) is 3. The quantitative estimate of drug-likeness (QED) is 0.674. The maximum atomic E-state index is 13.2. The van der Waals surface area contributed by atoms with Crippen LogP contribution in [0.2, 0.25) is 0 Å². The van der Waals surface area contributed by atoms with E-state index in [0.29, 0.717) is 11.3 Å². The van der Waals surface area contributed by atoms with Gasteiger partial charge < -0.3 is 10.6 Å². The predicted molar refractivity (Wildman–Crippen MR) is 109 cm³/mol. The molecule has 0 saturated heterocycles. The van der Waals surface area contributed by atoms with Crippen LogP contribution in [0.5, 0.6) is 0 Å². The van der Waals surface area contributed by atoms with Crippen molar-refractivity contribution < 1.29 is 14.0 Å². The Kier molecular flexibility index (Phi) is 6.07. The van der Waals surface area contributed by atoms with E-state index in [0.717, 1.165) is 5.56 Å². The zero-order valence-electron chi connectivity index (χ0n) is 16.5. The molecule has 0 aliphatic rings. The lowest BCUT2D eigenvalue weighted by Crippen LogP contribution is -2.42. The first-order valence-corrected chi connectivity index (χ1v) is 9.31. The first-order valence-electron chi connectivity index (χ1n) is 9.31. The number of halogens is 1. The number of rotatable bonds is 6. The molecule has 0 spiro atoms. The molecule has 2 aromatic carbocycles. The maximum absolute atomic E-state index is 13.2. The number of amides is 2. The fourth-order valence-corrected chi connectivity index (χ4v) is 2.99. The van der Waals surface area contributed by atoms with Gasteiger partial charge >= 0.3 is 0 Å². The molecule has 1 aromatic heterocycles. The average Bonchev–Trinajstić information content (AvgIpc) is 3.08. The molecule has 0 unspecified atom stereocenters. The van der Waals surface area contributed by atoms with Crippen molar-refractivity contribution in [3.63, 3.8) is 0 Å². The van der Waals surface area contributed by atoms with Gasteiger partial charge in [0.05, 0.1) is 5.69 Å². The molecule has 0 fully saturated rings. The number of carbonyl (C=O) groups is 2. The van der Waals surface area contributed by atoms with E-state index in [2.05, 4.69) is 15.7 Å². The molecule has 2 amide bonds. The summed E-state index contributed by atoms with van der Waals surface area (Å²) < 4.78 is 14.7. The van der Waals surface area contributed by atoms with Crippen LogP contribution in [0, 0.1) is 5.82 Å². The summed E-state index contributed by atoms with van der Waals surface area (Å²) in [4.78, 5) is 25.5. The lowest BCUT2D eigenvalue weighted by molar-refractivity contribution is -0.123. The normalized spacial score (nSPS) is 11.9. The Labute approximate surface area is 168 Å². The largest absolute Gasteiger partial charge is 0.352 e. The van der Waals surface area contributed by atoms with Gasteiger partial charge in [0.2, 0.25) is 5.91 Å². The van der Waals surface area contributed by atoms with E-state index in [1.54, 1.807) is 42.1 Å². The fourth-order valence-electron chi connectivity index (χ4n) is 2.99. The van der Waals surface area contributed by atoms with E-state index in [1.807, 2.05) is 32.0 Å². The Morgan fingerprint density at radius 1 is 1.00 bits per heavy atom. The van der Waals surface area contributed by atoms with Gasteiger partial charge in [-0.15, -0.1) is 0 Å². The molecular weight excluding hydrogens is 371 g/mol. The topological polar surface area (TPSA) is 76.0 Å². The monoisotopic (exact) mass is 394 g/mol. The lowest BCUT2D eigenvalue weighted by Gasteiger charge is -2.19. The van der Waals surface area contributed by atoms with Crippen molar-refractivity contribution in [3.8, 4) is 11.3 Å². The average molecular weight is 394 g/mol. The summed E-state index contributed by atoms with van der Waals surface area (Å²) in [6.07, 6.45) is 0. The predicted octanol–water partition coefficient (Wildman–Crippen LogP) is 3.22. The van der Waals surface area contributed by atoms with Crippen molar-refractivity contribution in [3.05, 3.63) is 77.7 Å². The van der Waals surface area contributed by atoms with Crippen LogP contribution in [0.4, 0.5) is 4.39 Å². The SMILES string of the molecule is CC(C)NC(=O)[C@@H](NC(=O)c1cc(-c2ccc(F)cc2)n(C)n1)c1ccccc1. The Bertz CT molecular complexity index is 997. The smallest absolute Gasteiger partial charge is 0.272 e. The van der Waals surface area contributed by atoms with Crippen molar-refractivity contribution in [1.29, 1.82) is 0 Å². The standard InChI is InChI=1S/C22H23FN4O2/c1-14(2)24-22(29)20(16-7-5-4-6-8-16)25-21(28)18-13-19(27(3)26-18)15-9-11-17(23)12-10-15/h4-14,20H,1-3H3,(H,24,29)(H,25,28)/t20-/m0/s1. The van der Waals surface area contributed by atoms with Crippen LogP contribution in [0.25, 0.3) is 11.3 Å². The number of nitrogens with zero attached hydrogens (tertiary/aromatic N) is 2. The second-order valence-corrected chi connectivity index (χ2v) is 7.03. The van der Waals surface area contributed by atoms with Gasteiger partial charge in [0, 0.05) is 13.1 Å². The number of aromatic nitrogens is 2. The summed E-state index contributed by atoms with van der Waals surface area (Å²) in [5, 5.41) is 9.86. The molecule has 3 aromatic rings. The maximum Gasteiger partial charge on any atom is 0.272 e. The fraction of sp³-hybridized carbons (Fsp3) is 0.227. The van der Waals surface area contributed by atoms with Gasteiger partial charge in [-0.3, -0.25) is 14.3 Å². The lowest BCUT2D eigenvalue weighted by atomic mass is 10.1. The highest BCUT2D eigenvalue weighted by Crippen LogP contribution is 2.21. The van der Waals surface area contributed by atoms with Gasteiger partial charge in [0.15, 0.2) is 5.69 Å². The number of benzene rings is 2. The molecule has 0 aliphatic heterocycles. The molecular formula is C22H23FN4O2. The Morgan fingerprint density at radius 3 is 2.28 bits per heavy atom. The molecule has 2 N–H and O–H groups in total. The summed E-state index contributed by atoms with van der Waals surface area (Å²) in [6.45, 7) is 3.71. The summed E-state index contributed by atoms with van der Waals surface area (Å²) in [7, 11) is 1.70. The van der Waals surface area contributed by atoms with Crippen LogP contribution >= 0.6 is 0 Å². The van der Waals surface area contributed by atoms with Crippen molar-refractivity contribution in [2.24, 2.45) is 7.05 Å². The Balaban J connectivity index is 1.85. The molecule has 150 valence electrons. The highest BCUT2D eigenvalue weighted by atomic mass is 19.1. The number of carbonyl (C=O) groups excluding carboxylic acids is 2. The van der Waals surface area contributed by atoms with E-state index in [9.17, 15) is 14.0 Å². The minimum absolute atomic E-state index is 0.0643.